The maximum absolute atomic E-state index is 12.6. The second kappa shape index (κ2) is 8.54. The van der Waals surface area contributed by atoms with Gasteiger partial charge in [0, 0.05) is 11.9 Å². The Morgan fingerprint density at radius 1 is 1.23 bits per heavy atom. The molecule has 3 rings (SSSR count). The fourth-order valence-corrected chi connectivity index (χ4v) is 3.48. The molecule has 6 nitrogen and oxygen atoms in total. The predicted octanol–water partition coefficient (Wildman–Crippen LogP) is 4.17. The van der Waals surface area contributed by atoms with Gasteiger partial charge in [-0.3, -0.25) is 4.79 Å². The molecule has 1 amide bonds. The Hall–Kier alpha value is -2.08. The van der Waals surface area contributed by atoms with Crippen LogP contribution in [0.15, 0.2) is 28.8 Å². The van der Waals surface area contributed by atoms with E-state index in [2.05, 4.69) is 15.5 Å². The molecule has 1 aliphatic carbocycles. The van der Waals surface area contributed by atoms with Crippen molar-refractivity contribution >= 4 is 17.5 Å². The minimum absolute atomic E-state index is 0.0664. The third-order valence-electron chi connectivity index (χ3n) is 4.70. The first-order chi connectivity index (χ1) is 12.6. The van der Waals surface area contributed by atoms with E-state index >= 15 is 0 Å². The van der Waals surface area contributed by atoms with Gasteiger partial charge in [-0.2, -0.15) is 4.98 Å². The van der Waals surface area contributed by atoms with E-state index in [0.29, 0.717) is 29.1 Å². The topological polar surface area (TPSA) is 77.2 Å². The van der Waals surface area contributed by atoms with Gasteiger partial charge in [0.25, 0.3) is 0 Å². The summed E-state index contributed by atoms with van der Waals surface area (Å²) in [4.78, 5) is 17.0. The number of amides is 1. The van der Waals surface area contributed by atoms with Gasteiger partial charge in [-0.25, -0.2) is 0 Å². The number of hydrogen-bond donors (Lipinski definition) is 1. The van der Waals surface area contributed by atoms with Crippen molar-refractivity contribution < 1.29 is 14.1 Å². The van der Waals surface area contributed by atoms with Gasteiger partial charge < -0.3 is 14.6 Å². The Morgan fingerprint density at radius 2 is 1.92 bits per heavy atom. The Labute approximate surface area is 158 Å². The van der Waals surface area contributed by atoms with E-state index in [-0.39, 0.29) is 12.3 Å². The number of halogens is 1. The van der Waals surface area contributed by atoms with Crippen molar-refractivity contribution in [1.82, 2.24) is 15.5 Å². The van der Waals surface area contributed by atoms with Crippen LogP contribution >= 0.6 is 11.6 Å². The quantitative estimate of drug-likeness (QED) is 0.764. The van der Waals surface area contributed by atoms with Gasteiger partial charge in [0.1, 0.15) is 11.3 Å². The van der Waals surface area contributed by atoms with E-state index in [9.17, 15) is 4.79 Å². The highest BCUT2D eigenvalue weighted by molar-refractivity contribution is 6.30. The predicted molar refractivity (Wildman–Crippen MR) is 98.1 cm³/mol. The molecule has 1 saturated carbocycles. The minimum atomic E-state index is -0.536. The molecule has 26 heavy (non-hydrogen) atoms. The highest BCUT2D eigenvalue weighted by atomic mass is 35.5. The molecule has 1 heterocycles. The summed E-state index contributed by atoms with van der Waals surface area (Å²) in [7, 11) is 0. The second-order valence-corrected chi connectivity index (χ2v) is 7.17. The van der Waals surface area contributed by atoms with Gasteiger partial charge in [-0.05, 0) is 37.1 Å². The highest BCUT2D eigenvalue weighted by Crippen LogP contribution is 2.34. The molecular formula is C19H24ClN3O3. The summed E-state index contributed by atoms with van der Waals surface area (Å²) >= 11 is 5.85. The summed E-state index contributed by atoms with van der Waals surface area (Å²) in [5, 5.41) is 7.92. The number of carbonyl (C=O) groups excluding carboxylic acids is 1. The van der Waals surface area contributed by atoms with Crippen molar-refractivity contribution in [3.05, 3.63) is 41.0 Å². The second-order valence-electron chi connectivity index (χ2n) is 6.73. The molecule has 2 aromatic rings. The van der Waals surface area contributed by atoms with Gasteiger partial charge in [0.2, 0.25) is 11.8 Å². The number of ether oxygens (including phenoxy) is 1. The van der Waals surface area contributed by atoms with Gasteiger partial charge in [-0.1, -0.05) is 42.4 Å². The van der Waals surface area contributed by atoms with E-state index in [0.717, 1.165) is 38.5 Å². The van der Waals surface area contributed by atoms with Crippen molar-refractivity contribution in [2.24, 2.45) is 0 Å². The van der Waals surface area contributed by atoms with E-state index in [1.165, 1.54) is 0 Å². The fraction of sp³-hybridized carbons (Fsp3) is 0.526. The lowest BCUT2D eigenvalue weighted by atomic mass is 9.89. The number of nitrogens with one attached hydrogen (secondary N) is 1. The van der Waals surface area contributed by atoms with Gasteiger partial charge in [-0.15, -0.1) is 0 Å². The van der Waals surface area contributed by atoms with Crippen molar-refractivity contribution in [3.63, 3.8) is 0 Å². The molecule has 1 aromatic carbocycles. The first-order valence-corrected chi connectivity index (χ1v) is 9.45. The molecule has 7 heteroatoms. The van der Waals surface area contributed by atoms with Gasteiger partial charge >= 0.3 is 0 Å². The smallest absolute Gasteiger partial charge is 0.224 e. The van der Waals surface area contributed by atoms with Crippen LogP contribution in [0.3, 0.4) is 0 Å². The number of carbonyl (C=O) groups is 1. The SMILES string of the molecule is Cc1nc(C2(NC(=O)CCOc3ccc(Cl)cc3)CCCCCC2)no1. The van der Waals surface area contributed by atoms with Crippen LogP contribution in [-0.4, -0.2) is 22.7 Å². The summed E-state index contributed by atoms with van der Waals surface area (Å²) in [5.74, 6) is 1.73. The Bertz CT molecular complexity index is 722. The largest absolute Gasteiger partial charge is 0.493 e. The zero-order chi connectivity index (χ0) is 18.4. The molecule has 1 aliphatic rings. The van der Waals surface area contributed by atoms with Crippen LogP contribution in [0.2, 0.25) is 5.02 Å². The first kappa shape index (κ1) is 18.7. The zero-order valence-corrected chi connectivity index (χ0v) is 15.7. The summed E-state index contributed by atoms with van der Waals surface area (Å²) in [6.07, 6.45) is 6.32. The molecule has 0 bridgehead atoms. The van der Waals surface area contributed by atoms with E-state index in [1.54, 1.807) is 31.2 Å². The number of aryl methyl sites for hydroxylation is 1. The third-order valence-corrected chi connectivity index (χ3v) is 4.95. The lowest BCUT2D eigenvalue weighted by molar-refractivity contribution is -0.124. The summed E-state index contributed by atoms with van der Waals surface area (Å²) in [6, 6.07) is 7.09. The Balaban J connectivity index is 1.61. The third kappa shape index (κ3) is 4.75. The molecule has 0 aliphatic heterocycles. The molecule has 140 valence electrons. The van der Waals surface area contributed by atoms with Gasteiger partial charge in [0.05, 0.1) is 13.0 Å². The Kier molecular flexibility index (Phi) is 6.14. The van der Waals surface area contributed by atoms with Crippen LogP contribution in [0.4, 0.5) is 0 Å². The maximum Gasteiger partial charge on any atom is 0.224 e. The lowest BCUT2D eigenvalue weighted by Crippen LogP contribution is -2.46. The molecule has 0 unspecified atom stereocenters. The number of rotatable bonds is 6. The van der Waals surface area contributed by atoms with Crippen LogP contribution in [0.1, 0.15) is 56.7 Å². The first-order valence-electron chi connectivity index (χ1n) is 9.08. The maximum atomic E-state index is 12.6. The normalized spacial score (nSPS) is 16.7. The van der Waals surface area contributed by atoms with Crippen LogP contribution in [0.5, 0.6) is 5.75 Å². The summed E-state index contributed by atoms with van der Waals surface area (Å²) in [6.45, 7) is 2.07. The van der Waals surface area contributed by atoms with Gasteiger partial charge in [0.15, 0.2) is 5.82 Å². The molecule has 1 aromatic heterocycles. The van der Waals surface area contributed by atoms with Crippen LogP contribution in [0.25, 0.3) is 0 Å². The van der Waals surface area contributed by atoms with Crippen LogP contribution in [-0.2, 0) is 10.3 Å². The summed E-state index contributed by atoms with van der Waals surface area (Å²) < 4.78 is 10.8. The highest BCUT2D eigenvalue weighted by Gasteiger charge is 2.38. The van der Waals surface area contributed by atoms with E-state index < -0.39 is 5.54 Å². The standard InChI is InChI=1S/C19H24ClN3O3/c1-14-21-18(23-26-14)19(11-4-2-3-5-12-19)22-17(24)10-13-25-16-8-6-15(20)7-9-16/h6-9H,2-5,10-13H2,1H3,(H,22,24). The molecule has 0 saturated heterocycles. The van der Waals surface area contributed by atoms with Crippen molar-refractivity contribution in [2.45, 2.75) is 57.4 Å². The van der Waals surface area contributed by atoms with Crippen molar-refractivity contribution in [2.75, 3.05) is 6.61 Å². The zero-order valence-electron chi connectivity index (χ0n) is 15.0. The van der Waals surface area contributed by atoms with Crippen LogP contribution < -0.4 is 10.1 Å². The fourth-order valence-electron chi connectivity index (χ4n) is 3.35. The lowest BCUT2D eigenvalue weighted by Gasteiger charge is -2.30. The molecule has 1 N–H and O–H groups in total. The van der Waals surface area contributed by atoms with E-state index in [4.69, 9.17) is 20.9 Å². The average molecular weight is 378 g/mol. The number of nitrogens with zero attached hydrogens (tertiary/aromatic N) is 2. The monoisotopic (exact) mass is 377 g/mol. The average Bonchev–Trinajstić information content (AvgIpc) is 2.93. The molecule has 0 atom stereocenters. The molecule has 0 radical (unpaired) electrons. The Morgan fingerprint density at radius 3 is 2.54 bits per heavy atom. The van der Waals surface area contributed by atoms with Crippen molar-refractivity contribution in [3.8, 4) is 5.75 Å². The summed E-state index contributed by atoms with van der Waals surface area (Å²) in [5.41, 5.74) is -0.536. The number of benzene rings is 1. The molecule has 0 spiro atoms. The minimum Gasteiger partial charge on any atom is -0.493 e. The van der Waals surface area contributed by atoms with E-state index in [1.807, 2.05) is 0 Å². The molecule has 1 fully saturated rings. The number of aromatic nitrogens is 2. The molecular weight excluding hydrogens is 354 g/mol. The van der Waals surface area contributed by atoms with Crippen LogP contribution in [0, 0.1) is 6.92 Å². The van der Waals surface area contributed by atoms with Crippen molar-refractivity contribution in [1.29, 1.82) is 0 Å². The number of hydrogen-bond acceptors (Lipinski definition) is 5.